The lowest BCUT2D eigenvalue weighted by Gasteiger charge is -2.29. The Bertz CT molecular complexity index is 598. The zero-order chi connectivity index (χ0) is 18.1. The quantitative estimate of drug-likeness (QED) is 0.617. The van der Waals surface area contributed by atoms with Crippen molar-refractivity contribution in [2.45, 2.75) is 50.0 Å². The van der Waals surface area contributed by atoms with Gasteiger partial charge in [0.2, 0.25) is 10.0 Å². The number of nitrogens with one attached hydrogen (secondary N) is 1. The molecule has 0 aliphatic heterocycles. The minimum absolute atomic E-state index is 0.201. The summed E-state index contributed by atoms with van der Waals surface area (Å²) in [5.41, 5.74) is 5.83. The molecule has 1 unspecified atom stereocenters. The summed E-state index contributed by atoms with van der Waals surface area (Å²) < 4.78 is 38.8. The van der Waals surface area contributed by atoms with Gasteiger partial charge in [-0.05, 0) is 49.9 Å². The molecule has 7 heteroatoms. The van der Waals surface area contributed by atoms with Crippen molar-refractivity contribution < 1.29 is 17.9 Å². The summed E-state index contributed by atoms with van der Waals surface area (Å²) in [4.78, 5) is 0.235. The standard InChI is InChI=1S/C18H30N2O4S/c1-2-23-12-13-24-16-8-10-17(11-9-16)25(21,22)20-18(14-19)15-6-4-3-5-7-15/h8-11,15,18,20H,2-7,12-14,19H2,1H3. The first kappa shape index (κ1) is 20.2. The minimum atomic E-state index is -3.58. The molecule has 142 valence electrons. The molecule has 0 bridgehead atoms. The maximum Gasteiger partial charge on any atom is 0.240 e. The average molecular weight is 371 g/mol. The van der Waals surface area contributed by atoms with E-state index in [9.17, 15) is 8.42 Å². The second-order valence-corrected chi connectivity index (χ2v) is 8.09. The van der Waals surface area contributed by atoms with Gasteiger partial charge in [0, 0.05) is 19.2 Å². The van der Waals surface area contributed by atoms with E-state index < -0.39 is 10.0 Å². The molecule has 0 aromatic heterocycles. The largest absolute Gasteiger partial charge is 0.491 e. The van der Waals surface area contributed by atoms with Gasteiger partial charge >= 0.3 is 0 Å². The molecule has 1 atom stereocenters. The van der Waals surface area contributed by atoms with E-state index in [1.165, 1.54) is 6.42 Å². The fourth-order valence-electron chi connectivity index (χ4n) is 3.22. The lowest BCUT2D eigenvalue weighted by molar-refractivity contribution is 0.110. The molecule has 0 saturated heterocycles. The van der Waals surface area contributed by atoms with Gasteiger partial charge < -0.3 is 15.2 Å². The van der Waals surface area contributed by atoms with Gasteiger partial charge in [0.1, 0.15) is 12.4 Å². The fourth-order valence-corrected chi connectivity index (χ4v) is 4.54. The first-order chi connectivity index (χ1) is 12.1. The van der Waals surface area contributed by atoms with E-state index in [0.717, 1.165) is 25.7 Å². The monoisotopic (exact) mass is 370 g/mol. The van der Waals surface area contributed by atoms with Crippen LogP contribution in [0.2, 0.25) is 0 Å². The first-order valence-electron chi connectivity index (χ1n) is 9.10. The SMILES string of the molecule is CCOCCOc1ccc(S(=O)(=O)NC(CN)C2CCCCC2)cc1. The molecule has 1 aliphatic carbocycles. The van der Waals surface area contributed by atoms with Gasteiger partial charge in [-0.1, -0.05) is 19.3 Å². The Morgan fingerprint density at radius 1 is 1.16 bits per heavy atom. The molecule has 1 saturated carbocycles. The maximum absolute atomic E-state index is 12.6. The van der Waals surface area contributed by atoms with Crippen molar-refractivity contribution in [1.82, 2.24) is 4.72 Å². The van der Waals surface area contributed by atoms with Crippen LogP contribution in [-0.4, -0.2) is 40.8 Å². The van der Waals surface area contributed by atoms with Gasteiger partial charge in [-0.15, -0.1) is 0 Å². The third kappa shape index (κ3) is 6.26. The molecule has 1 aliphatic rings. The van der Waals surface area contributed by atoms with Gasteiger partial charge in [0.25, 0.3) is 0 Å². The highest BCUT2D eigenvalue weighted by atomic mass is 32.2. The van der Waals surface area contributed by atoms with Crippen molar-refractivity contribution in [3.05, 3.63) is 24.3 Å². The molecule has 1 aromatic carbocycles. The van der Waals surface area contributed by atoms with E-state index in [1.54, 1.807) is 24.3 Å². The molecule has 1 aromatic rings. The van der Waals surface area contributed by atoms with Crippen LogP contribution in [0.5, 0.6) is 5.75 Å². The molecule has 0 spiro atoms. The number of hydrogen-bond acceptors (Lipinski definition) is 5. The number of rotatable bonds is 10. The van der Waals surface area contributed by atoms with Crippen LogP contribution in [0.1, 0.15) is 39.0 Å². The number of nitrogens with two attached hydrogens (primary N) is 1. The molecule has 3 N–H and O–H groups in total. The van der Waals surface area contributed by atoms with Crippen LogP contribution in [-0.2, 0) is 14.8 Å². The Morgan fingerprint density at radius 3 is 2.44 bits per heavy atom. The van der Waals surface area contributed by atoms with E-state index >= 15 is 0 Å². The van der Waals surface area contributed by atoms with E-state index in [1.807, 2.05) is 6.92 Å². The lowest BCUT2D eigenvalue weighted by Crippen LogP contribution is -2.45. The summed E-state index contributed by atoms with van der Waals surface area (Å²) in [5, 5.41) is 0. The van der Waals surface area contributed by atoms with Crippen molar-refractivity contribution in [2.75, 3.05) is 26.4 Å². The van der Waals surface area contributed by atoms with Crippen LogP contribution in [0, 0.1) is 5.92 Å². The molecule has 6 nitrogen and oxygen atoms in total. The predicted octanol–water partition coefficient (Wildman–Crippen LogP) is 2.29. The van der Waals surface area contributed by atoms with Crippen LogP contribution in [0.3, 0.4) is 0 Å². The molecule has 1 fully saturated rings. The molecule has 25 heavy (non-hydrogen) atoms. The number of hydrogen-bond donors (Lipinski definition) is 2. The number of sulfonamides is 1. The predicted molar refractivity (Wildman–Crippen MR) is 98.2 cm³/mol. The van der Waals surface area contributed by atoms with Crippen LogP contribution >= 0.6 is 0 Å². The molecular weight excluding hydrogens is 340 g/mol. The molecular formula is C18H30N2O4S. The van der Waals surface area contributed by atoms with Crippen LogP contribution in [0.4, 0.5) is 0 Å². The highest BCUT2D eigenvalue weighted by Gasteiger charge is 2.27. The fraction of sp³-hybridized carbons (Fsp3) is 0.667. The topological polar surface area (TPSA) is 90.6 Å². The average Bonchev–Trinajstić information content (AvgIpc) is 2.64. The zero-order valence-electron chi connectivity index (χ0n) is 14.9. The zero-order valence-corrected chi connectivity index (χ0v) is 15.8. The summed E-state index contributed by atoms with van der Waals surface area (Å²) in [5.74, 6) is 0.955. The molecule has 2 rings (SSSR count). The second kappa shape index (κ2) is 10.1. The lowest BCUT2D eigenvalue weighted by atomic mass is 9.84. The third-order valence-corrected chi connectivity index (χ3v) is 6.12. The molecule has 0 radical (unpaired) electrons. The van der Waals surface area contributed by atoms with Crippen LogP contribution in [0.15, 0.2) is 29.2 Å². The van der Waals surface area contributed by atoms with Crippen LogP contribution in [0.25, 0.3) is 0 Å². The first-order valence-corrected chi connectivity index (χ1v) is 10.6. The van der Waals surface area contributed by atoms with Gasteiger partial charge in [-0.2, -0.15) is 0 Å². The maximum atomic E-state index is 12.6. The second-order valence-electron chi connectivity index (χ2n) is 6.38. The summed E-state index contributed by atoms with van der Waals surface area (Å²) in [6, 6.07) is 6.25. The minimum Gasteiger partial charge on any atom is -0.491 e. The van der Waals surface area contributed by atoms with Gasteiger partial charge in [0.05, 0.1) is 11.5 Å². The Balaban J connectivity index is 1.95. The van der Waals surface area contributed by atoms with Gasteiger partial charge in [-0.25, -0.2) is 13.1 Å². The van der Waals surface area contributed by atoms with E-state index in [4.69, 9.17) is 15.2 Å². The Labute approximate surface area is 151 Å². The normalized spacial score (nSPS) is 17.4. The number of benzene rings is 1. The van der Waals surface area contributed by atoms with Crippen molar-refractivity contribution in [3.8, 4) is 5.75 Å². The van der Waals surface area contributed by atoms with Crippen molar-refractivity contribution in [3.63, 3.8) is 0 Å². The van der Waals surface area contributed by atoms with Gasteiger partial charge in [0.15, 0.2) is 0 Å². The summed E-state index contributed by atoms with van der Waals surface area (Å²) in [6.45, 7) is 3.85. The van der Waals surface area contributed by atoms with Crippen molar-refractivity contribution >= 4 is 10.0 Å². The summed E-state index contributed by atoms with van der Waals surface area (Å²) in [6.07, 6.45) is 5.60. The Kier molecular flexibility index (Phi) is 8.15. The molecule has 0 amide bonds. The Hall–Kier alpha value is -1.15. The third-order valence-electron chi connectivity index (χ3n) is 4.61. The van der Waals surface area contributed by atoms with Crippen molar-refractivity contribution in [2.24, 2.45) is 11.7 Å². The highest BCUT2D eigenvalue weighted by molar-refractivity contribution is 7.89. The van der Waals surface area contributed by atoms with E-state index in [2.05, 4.69) is 4.72 Å². The van der Waals surface area contributed by atoms with Crippen LogP contribution < -0.4 is 15.2 Å². The summed E-state index contributed by atoms with van der Waals surface area (Å²) in [7, 11) is -3.58. The van der Waals surface area contributed by atoms with Crippen molar-refractivity contribution in [1.29, 1.82) is 0 Å². The number of ether oxygens (including phenoxy) is 2. The summed E-state index contributed by atoms with van der Waals surface area (Å²) >= 11 is 0. The molecule has 0 heterocycles. The highest BCUT2D eigenvalue weighted by Crippen LogP contribution is 2.27. The van der Waals surface area contributed by atoms with Gasteiger partial charge in [-0.3, -0.25) is 0 Å². The smallest absolute Gasteiger partial charge is 0.240 e. The Morgan fingerprint density at radius 2 is 1.84 bits per heavy atom. The van der Waals surface area contributed by atoms with E-state index in [-0.39, 0.29) is 10.9 Å². The van der Waals surface area contributed by atoms with E-state index in [0.29, 0.717) is 38.0 Å².